The second-order valence-electron chi connectivity index (χ2n) is 5.40. The molecule has 0 bridgehead atoms. The molecule has 0 spiro atoms. The number of carbonyl (C=O) groups excluding carboxylic acids is 1. The Labute approximate surface area is 121 Å². The topological polar surface area (TPSA) is 35.6 Å². The van der Waals surface area contributed by atoms with Gasteiger partial charge >= 0.3 is 6.03 Å². The van der Waals surface area contributed by atoms with Gasteiger partial charge in [-0.2, -0.15) is 0 Å². The Hall–Kier alpha value is -1.71. The molecule has 1 saturated heterocycles. The molecule has 20 heavy (non-hydrogen) atoms. The number of benzene rings is 1. The summed E-state index contributed by atoms with van der Waals surface area (Å²) in [6.45, 7) is 8.44. The Morgan fingerprint density at radius 1 is 1.25 bits per heavy atom. The number of carbonyl (C=O) groups is 1. The first kappa shape index (κ1) is 14.7. The summed E-state index contributed by atoms with van der Waals surface area (Å²) >= 11 is 0. The van der Waals surface area contributed by atoms with Crippen molar-refractivity contribution in [3.05, 3.63) is 29.8 Å². The van der Waals surface area contributed by atoms with E-state index in [0.29, 0.717) is 0 Å². The zero-order chi connectivity index (χ0) is 14.4. The van der Waals surface area contributed by atoms with E-state index in [0.717, 1.165) is 45.6 Å². The van der Waals surface area contributed by atoms with Crippen LogP contribution in [0.25, 0.3) is 0 Å². The van der Waals surface area contributed by atoms with Crippen molar-refractivity contribution in [2.45, 2.75) is 26.7 Å². The quantitative estimate of drug-likeness (QED) is 0.857. The van der Waals surface area contributed by atoms with Crippen LogP contribution in [0.3, 0.4) is 0 Å². The van der Waals surface area contributed by atoms with Crippen LogP contribution in [-0.2, 0) is 0 Å². The highest BCUT2D eigenvalue weighted by Gasteiger charge is 2.20. The Bertz CT molecular complexity index is 439. The van der Waals surface area contributed by atoms with E-state index in [-0.39, 0.29) is 6.03 Å². The van der Waals surface area contributed by atoms with Gasteiger partial charge in [0.25, 0.3) is 0 Å². The molecule has 1 aliphatic heterocycles. The number of nitrogens with zero attached hydrogens (tertiary/aromatic N) is 2. The van der Waals surface area contributed by atoms with Gasteiger partial charge in [0.2, 0.25) is 0 Å². The highest BCUT2D eigenvalue weighted by atomic mass is 16.2. The highest BCUT2D eigenvalue weighted by molar-refractivity contribution is 5.74. The average Bonchev–Trinajstić information content (AvgIpc) is 2.47. The summed E-state index contributed by atoms with van der Waals surface area (Å²) in [6, 6.07) is 8.64. The van der Waals surface area contributed by atoms with Crippen LogP contribution >= 0.6 is 0 Å². The second-order valence-corrected chi connectivity index (χ2v) is 5.40. The summed E-state index contributed by atoms with van der Waals surface area (Å²) in [6.07, 6.45) is 2.16. The molecule has 0 aliphatic carbocycles. The fourth-order valence-electron chi connectivity index (χ4n) is 2.48. The van der Waals surface area contributed by atoms with Gasteiger partial charge in [0.15, 0.2) is 0 Å². The van der Waals surface area contributed by atoms with Crippen LogP contribution in [0.1, 0.15) is 25.3 Å². The third kappa shape index (κ3) is 3.89. The lowest BCUT2D eigenvalue weighted by atomic mass is 10.2. The van der Waals surface area contributed by atoms with E-state index in [1.54, 1.807) is 0 Å². The van der Waals surface area contributed by atoms with Crippen molar-refractivity contribution in [3.63, 3.8) is 0 Å². The molecule has 1 heterocycles. The summed E-state index contributed by atoms with van der Waals surface area (Å²) in [4.78, 5) is 16.2. The first-order valence-corrected chi connectivity index (χ1v) is 7.55. The summed E-state index contributed by atoms with van der Waals surface area (Å²) in [5.41, 5.74) is 2.54. The Morgan fingerprint density at radius 3 is 2.65 bits per heavy atom. The molecule has 4 heteroatoms. The van der Waals surface area contributed by atoms with Gasteiger partial charge in [-0.15, -0.1) is 0 Å². The number of hydrogen-bond acceptors (Lipinski definition) is 2. The van der Waals surface area contributed by atoms with Crippen molar-refractivity contribution < 1.29 is 4.79 Å². The molecule has 1 aliphatic rings. The number of anilines is 1. The third-order valence-corrected chi connectivity index (χ3v) is 3.74. The molecule has 2 amide bonds. The summed E-state index contributed by atoms with van der Waals surface area (Å²) < 4.78 is 0. The van der Waals surface area contributed by atoms with Crippen molar-refractivity contribution in [3.8, 4) is 0 Å². The zero-order valence-electron chi connectivity index (χ0n) is 12.6. The fraction of sp³-hybridized carbons (Fsp3) is 0.562. The third-order valence-electron chi connectivity index (χ3n) is 3.74. The molecule has 0 unspecified atom stereocenters. The van der Waals surface area contributed by atoms with Crippen LogP contribution in [0.15, 0.2) is 24.3 Å². The Morgan fingerprint density at radius 2 is 2.00 bits per heavy atom. The molecular weight excluding hydrogens is 250 g/mol. The number of hydrogen-bond donors (Lipinski definition) is 1. The largest absolute Gasteiger partial charge is 0.368 e. The maximum absolute atomic E-state index is 12.0. The highest BCUT2D eigenvalue weighted by Crippen LogP contribution is 2.17. The van der Waals surface area contributed by atoms with Crippen molar-refractivity contribution >= 4 is 11.7 Å². The Kier molecular flexibility index (Phi) is 5.27. The SMILES string of the molecule is CCCCNC(=O)N1CCN(c2cccc(C)c2)CC1. The maximum atomic E-state index is 12.0. The minimum atomic E-state index is 0.0855. The summed E-state index contributed by atoms with van der Waals surface area (Å²) in [5, 5.41) is 2.99. The molecule has 4 nitrogen and oxygen atoms in total. The fourth-order valence-corrected chi connectivity index (χ4v) is 2.48. The zero-order valence-corrected chi connectivity index (χ0v) is 12.6. The van der Waals surface area contributed by atoms with E-state index < -0.39 is 0 Å². The monoisotopic (exact) mass is 275 g/mol. The van der Waals surface area contributed by atoms with Gasteiger partial charge in [0.1, 0.15) is 0 Å². The molecule has 1 N–H and O–H groups in total. The van der Waals surface area contributed by atoms with Gasteiger partial charge in [-0.25, -0.2) is 4.79 Å². The van der Waals surface area contributed by atoms with Crippen LogP contribution < -0.4 is 10.2 Å². The normalized spacial score (nSPS) is 15.3. The number of aryl methyl sites for hydroxylation is 1. The molecule has 0 atom stereocenters. The molecule has 110 valence electrons. The van der Waals surface area contributed by atoms with Gasteiger partial charge in [-0.3, -0.25) is 0 Å². The van der Waals surface area contributed by atoms with Crippen molar-refractivity contribution in [2.75, 3.05) is 37.6 Å². The smallest absolute Gasteiger partial charge is 0.317 e. The van der Waals surface area contributed by atoms with Crippen LogP contribution in [0.5, 0.6) is 0 Å². The van der Waals surface area contributed by atoms with Crippen LogP contribution in [0.4, 0.5) is 10.5 Å². The number of piperazine rings is 1. The van der Waals surface area contributed by atoms with Crippen molar-refractivity contribution in [2.24, 2.45) is 0 Å². The lowest BCUT2D eigenvalue weighted by Gasteiger charge is -2.36. The predicted molar refractivity (Wildman–Crippen MR) is 83.3 cm³/mol. The van der Waals surface area contributed by atoms with Crippen molar-refractivity contribution in [1.82, 2.24) is 10.2 Å². The van der Waals surface area contributed by atoms with Gasteiger partial charge in [0, 0.05) is 38.4 Å². The van der Waals surface area contributed by atoms with E-state index in [2.05, 4.69) is 48.3 Å². The minimum Gasteiger partial charge on any atom is -0.368 e. The predicted octanol–water partition coefficient (Wildman–Crippen LogP) is 2.63. The molecule has 1 fully saturated rings. The minimum absolute atomic E-state index is 0.0855. The molecule has 0 radical (unpaired) electrons. The van der Waals surface area contributed by atoms with E-state index in [9.17, 15) is 4.79 Å². The van der Waals surface area contributed by atoms with Crippen LogP contribution in [-0.4, -0.2) is 43.7 Å². The van der Waals surface area contributed by atoms with Crippen LogP contribution in [0, 0.1) is 6.92 Å². The molecule has 2 rings (SSSR count). The standard InChI is InChI=1S/C16H25N3O/c1-3-4-8-17-16(20)19-11-9-18(10-12-19)15-7-5-6-14(2)13-15/h5-7,13H,3-4,8-12H2,1-2H3,(H,17,20). The van der Waals surface area contributed by atoms with Crippen molar-refractivity contribution in [1.29, 1.82) is 0 Å². The second kappa shape index (κ2) is 7.17. The lowest BCUT2D eigenvalue weighted by molar-refractivity contribution is 0.194. The molecule has 0 saturated carbocycles. The number of urea groups is 1. The van der Waals surface area contributed by atoms with Gasteiger partial charge in [0.05, 0.1) is 0 Å². The van der Waals surface area contributed by atoms with Gasteiger partial charge in [-0.1, -0.05) is 25.5 Å². The first-order chi connectivity index (χ1) is 9.70. The maximum Gasteiger partial charge on any atom is 0.317 e. The number of nitrogens with one attached hydrogen (secondary N) is 1. The van der Waals surface area contributed by atoms with E-state index in [1.807, 2.05) is 4.90 Å². The number of unbranched alkanes of at least 4 members (excludes halogenated alkanes) is 1. The summed E-state index contributed by atoms with van der Waals surface area (Å²) in [5.74, 6) is 0. The number of rotatable bonds is 4. The summed E-state index contributed by atoms with van der Waals surface area (Å²) in [7, 11) is 0. The lowest BCUT2D eigenvalue weighted by Crippen LogP contribution is -2.52. The number of amides is 2. The first-order valence-electron chi connectivity index (χ1n) is 7.55. The molecule has 1 aromatic carbocycles. The molecular formula is C16H25N3O. The van der Waals surface area contributed by atoms with Crippen LogP contribution in [0.2, 0.25) is 0 Å². The van der Waals surface area contributed by atoms with E-state index in [1.165, 1.54) is 11.3 Å². The molecule has 0 aromatic heterocycles. The molecule has 1 aromatic rings. The van der Waals surface area contributed by atoms with Gasteiger partial charge < -0.3 is 15.1 Å². The average molecular weight is 275 g/mol. The van der Waals surface area contributed by atoms with E-state index >= 15 is 0 Å². The Balaban J connectivity index is 1.81. The van der Waals surface area contributed by atoms with E-state index in [4.69, 9.17) is 0 Å². The van der Waals surface area contributed by atoms with Gasteiger partial charge in [-0.05, 0) is 31.0 Å².